The number of ether oxygens (including phenoxy) is 2. The molecule has 0 amide bonds. The SMILES string of the molecule is C=C1N=C(N)C=CN1[C@@H]1O[C@H](COP(=O)(N[C@H](C)C(=O)OC(C)C)OCCSC(=O)C(C)(C)CO)[C@@H](O)[C@@]1(C)Cl. The monoisotopic (exact) mass is 626 g/mol. The minimum atomic E-state index is -4.22. The minimum absolute atomic E-state index is 0.0968. The summed E-state index contributed by atoms with van der Waals surface area (Å²) in [6, 6.07) is -1.08. The van der Waals surface area contributed by atoms with Crippen molar-refractivity contribution in [2.24, 2.45) is 16.1 Å². The van der Waals surface area contributed by atoms with Crippen molar-refractivity contribution < 1.29 is 42.9 Å². The van der Waals surface area contributed by atoms with Gasteiger partial charge in [-0.05, 0) is 47.6 Å². The van der Waals surface area contributed by atoms with Gasteiger partial charge in [0, 0.05) is 12.0 Å². The second-order valence-corrected chi connectivity index (χ2v) is 14.1. The van der Waals surface area contributed by atoms with Crippen LogP contribution < -0.4 is 10.8 Å². The first-order valence-corrected chi connectivity index (χ1v) is 15.5. The molecule has 0 aliphatic carbocycles. The van der Waals surface area contributed by atoms with Crippen LogP contribution in [0.4, 0.5) is 0 Å². The molecule has 1 unspecified atom stereocenters. The van der Waals surface area contributed by atoms with E-state index in [0.29, 0.717) is 0 Å². The maximum absolute atomic E-state index is 13.7. The van der Waals surface area contributed by atoms with Crippen molar-refractivity contribution in [3.8, 4) is 0 Å². The fourth-order valence-corrected chi connectivity index (χ4v) is 6.22. The predicted octanol–water partition coefficient (Wildman–Crippen LogP) is 2.08. The summed E-state index contributed by atoms with van der Waals surface area (Å²) in [4.78, 5) is 28.9. The van der Waals surface area contributed by atoms with E-state index in [-0.39, 0.29) is 35.7 Å². The third kappa shape index (κ3) is 9.01. The molecule has 2 aliphatic rings. The summed E-state index contributed by atoms with van der Waals surface area (Å²) >= 11 is 7.56. The van der Waals surface area contributed by atoms with Gasteiger partial charge in [-0.3, -0.25) is 18.6 Å². The quantitative estimate of drug-likeness (QED) is 0.0952. The van der Waals surface area contributed by atoms with Gasteiger partial charge in [0.15, 0.2) is 11.3 Å². The Bertz CT molecular complexity index is 1060. The van der Waals surface area contributed by atoms with E-state index in [1.807, 2.05) is 0 Å². The molecule has 6 atom stereocenters. The Kier molecular flexibility index (Phi) is 12.3. The average molecular weight is 627 g/mol. The number of carbonyl (C=O) groups is 2. The number of nitrogens with one attached hydrogen (secondary N) is 1. The lowest BCUT2D eigenvalue weighted by Crippen LogP contribution is -2.47. The number of halogens is 1. The zero-order chi connectivity index (χ0) is 30.5. The zero-order valence-electron chi connectivity index (χ0n) is 23.5. The van der Waals surface area contributed by atoms with E-state index in [1.165, 1.54) is 17.9 Å². The molecular formula is C24H40ClN4O9PS. The van der Waals surface area contributed by atoms with Crippen molar-refractivity contribution in [1.82, 2.24) is 9.99 Å². The molecular weight excluding hydrogens is 587 g/mol. The van der Waals surface area contributed by atoms with E-state index < -0.39 is 61.2 Å². The maximum Gasteiger partial charge on any atom is 0.406 e. The van der Waals surface area contributed by atoms with Crippen LogP contribution in [0.1, 0.15) is 41.5 Å². The van der Waals surface area contributed by atoms with Crippen LogP contribution >= 0.6 is 31.1 Å². The van der Waals surface area contributed by atoms with Crippen molar-refractivity contribution in [1.29, 1.82) is 0 Å². The molecule has 0 bridgehead atoms. The number of alkyl halides is 1. The summed E-state index contributed by atoms with van der Waals surface area (Å²) in [7, 11) is -4.22. The van der Waals surface area contributed by atoms with Crippen molar-refractivity contribution in [2.75, 3.05) is 25.6 Å². The minimum Gasteiger partial charge on any atom is -0.462 e. The lowest BCUT2D eigenvalue weighted by Gasteiger charge is -2.35. The van der Waals surface area contributed by atoms with Gasteiger partial charge in [-0.1, -0.05) is 18.3 Å². The summed E-state index contributed by atoms with van der Waals surface area (Å²) < 4.78 is 35.9. The molecule has 2 heterocycles. The van der Waals surface area contributed by atoms with Crippen LogP contribution in [0.2, 0.25) is 0 Å². The van der Waals surface area contributed by atoms with Gasteiger partial charge in [-0.2, -0.15) is 0 Å². The average Bonchev–Trinajstić information content (AvgIpc) is 3.08. The van der Waals surface area contributed by atoms with E-state index in [2.05, 4.69) is 16.7 Å². The molecule has 5 N–H and O–H groups in total. The highest BCUT2D eigenvalue weighted by atomic mass is 35.5. The number of aliphatic imine (C=N–C) groups is 1. The highest BCUT2D eigenvalue weighted by Crippen LogP contribution is 2.47. The van der Waals surface area contributed by atoms with Crippen molar-refractivity contribution in [2.45, 2.75) is 77.0 Å². The summed E-state index contributed by atoms with van der Waals surface area (Å²) in [5, 5.41) is 22.6. The molecule has 0 aromatic heterocycles. The topological polar surface area (TPSA) is 182 Å². The van der Waals surface area contributed by atoms with Gasteiger partial charge in [-0.25, -0.2) is 14.6 Å². The number of carbonyl (C=O) groups excluding carboxylic acids is 2. The Morgan fingerprint density at radius 2 is 2.05 bits per heavy atom. The summed E-state index contributed by atoms with van der Waals surface area (Å²) in [5.41, 5.74) is 4.75. The number of aliphatic hydroxyl groups is 2. The zero-order valence-corrected chi connectivity index (χ0v) is 26.0. The van der Waals surface area contributed by atoms with Gasteiger partial charge in [0.05, 0.1) is 31.3 Å². The van der Waals surface area contributed by atoms with E-state index >= 15 is 0 Å². The first kappa shape index (κ1) is 34.7. The number of nitrogens with two attached hydrogens (primary N) is 1. The third-order valence-corrected chi connectivity index (χ3v) is 9.23. The third-order valence-electron chi connectivity index (χ3n) is 5.92. The highest BCUT2D eigenvalue weighted by molar-refractivity contribution is 8.13. The number of hydrogen-bond donors (Lipinski definition) is 4. The summed E-state index contributed by atoms with van der Waals surface area (Å²) in [5.74, 6) is -0.0998. The molecule has 0 aromatic carbocycles. The van der Waals surface area contributed by atoms with Gasteiger partial charge >= 0.3 is 13.7 Å². The van der Waals surface area contributed by atoms with Crippen LogP contribution in [0.25, 0.3) is 0 Å². The van der Waals surface area contributed by atoms with Crippen LogP contribution in [-0.4, -0.2) is 93.1 Å². The first-order chi connectivity index (χ1) is 18.4. The van der Waals surface area contributed by atoms with Crippen molar-refractivity contribution in [3.63, 3.8) is 0 Å². The lowest BCUT2D eigenvalue weighted by molar-refractivity contribution is -0.149. The van der Waals surface area contributed by atoms with Crippen LogP contribution in [0, 0.1) is 5.41 Å². The summed E-state index contributed by atoms with van der Waals surface area (Å²) in [6.07, 6.45) is -0.586. The van der Waals surface area contributed by atoms with E-state index in [0.717, 1.165) is 11.8 Å². The van der Waals surface area contributed by atoms with Crippen LogP contribution in [0.3, 0.4) is 0 Å². The summed E-state index contributed by atoms with van der Waals surface area (Å²) in [6.45, 7) is 12.4. The molecule has 1 saturated heterocycles. The number of aliphatic hydroxyl groups excluding tert-OH is 2. The number of thioether (sulfide) groups is 1. The van der Waals surface area contributed by atoms with Crippen LogP contribution in [0.5, 0.6) is 0 Å². The Morgan fingerprint density at radius 3 is 2.62 bits per heavy atom. The Labute approximate surface area is 244 Å². The van der Waals surface area contributed by atoms with E-state index in [1.54, 1.807) is 40.8 Å². The van der Waals surface area contributed by atoms with Crippen LogP contribution in [-0.2, 0) is 32.7 Å². The molecule has 0 spiro atoms. The smallest absolute Gasteiger partial charge is 0.406 e. The molecule has 0 saturated carbocycles. The van der Waals surface area contributed by atoms with Gasteiger partial charge in [0.2, 0.25) is 0 Å². The normalized spacial score (nSPS) is 27.4. The maximum atomic E-state index is 13.7. The van der Waals surface area contributed by atoms with E-state index in [9.17, 15) is 24.4 Å². The number of hydrogen-bond acceptors (Lipinski definition) is 13. The number of rotatable bonds is 14. The first-order valence-electron chi connectivity index (χ1n) is 12.6. The lowest BCUT2D eigenvalue weighted by atomic mass is 9.97. The van der Waals surface area contributed by atoms with Crippen molar-refractivity contribution in [3.05, 3.63) is 24.7 Å². The fraction of sp³-hybridized carbons (Fsp3) is 0.708. The molecule has 228 valence electrons. The Morgan fingerprint density at radius 1 is 1.40 bits per heavy atom. The fourth-order valence-electron chi connectivity index (χ4n) is 3.51. The second kappa shape index (κ2) is 14.1. The molecule has 16 heteroatoms. The predicted molar refractivity (Wildman–Crippen MR) is 152 cm³/mol. The van der Waals surface area contributed by atoms with Gasteiger partial charge in [0.1, 0.15) is 34.8 Å². The van der Waals surface area contributed by atoms with Gasteiger partial charge in [-0.15, -0.1) is 11.6 Å². The number of esters is 1. The van der Waals surface area contributed by atoms with Crippen molar-refractivity contribution >= 4 is 48.0 Å². The molecule has 0 radical (unpaired) electrons. The second-order valence-electron chi connectivity index (χ2n) is 10.4. The van der Waals surface area contributed by atoms with E-state index in [4.69, 9.17) is 35.9 Å². The largest absolute Gasteiger partial charge is 0.462 e. The Hall–Kier alpha value is -1.48. The van der Waals surface area contributed by atoms with Gasteiger partial charge < -0.3 is 30.3 Å². The standard InChI is InChI=1S/C24H40ClN4O9PS/c1-14(2)37-20(32)15(3)28-39(34,35-10-11-40-22(33)23(5,6)13-30)36-12-17-19(31)24(7,25)21(38-17)29-9-8-18(26)27-16(29)4/h8-9,14-15,17,19,21,30-31H,4,10-13H2,1-3,5-7H3,(H2,26,27)(H,28,34)/t15-,17-,19-,21-,24-,39?/m1/s1. The highest BCUT2D eigenvalue weighted by Gasteiger charge is 2.55. The number of amidine groups is 1. The number of nitrogens with zero attached hydrogens (tertiary/aromatic N) is 2. The molecule has 0 aromatic rings. The van der Waals surface area contributed by atoms with Gasteiger partial charge in [0.25, 0.3) is 0 Å². The molecule has 1 fully saturated rings. The molecule has 40 heavy (non-hydrogen) atoms. The van der Waals surface area contributed by atoms with Crippen LogP contribution in [0.15, 0.2) is 29.7 Å². The molecule has 2 aliphatic heterocycles. The molecule has 2 rings (SSSR count). The molecule has 13 nitrogen and oxygen atoms in total. The Balaban J connectivity index is 2.12.